The first-order valence-electron chi connectivity index (χ1n) is 9.73. The number of benzene rings is 4. The van der Waals surface area contributed by atoms with Crippen LogP contribution in [0.3, 0.4) is 0 Å². The Labute approximate surface area is 174 Å². The van der Waals surface area contributed by atoms with Gasteiger partial charge in [-0.3, -0.25) is 0 Å². The highest BCUT2D eigenvalue weighted by molar-refractivity contribution is 6.31. The predicted octanol–water partition coefficient (Wildman–Crippen LogP) is 7.45. The van der Waals surface area contributed by atoms with E-state index in [-0.39, 0.29) is 0 Å². The molecular formula is C27H17ClO. The molecule has 0 N–H and O–H groups in total. The second-order valence-electron chi connectivity index (χ2n) is 7.47. The van der Waals surface area contributed by atoms with Crippen molar-refractivity contribution in [2.75, 3.05) is 0 Å². The minimum Gasteiger partial charge on any atom is -0.456 e. The largest absolute Gasteiger partial charge is 0.456 e. The summed E-state index contributed by atoms with van der Waals surface area (Å²) in [5, 5.41) is 1.86. The fourth-order valence-electron chi connectivity index (χ4n) is 4.92. The monoisotopic (exact) mass is 392 g/mol. The third-order valence-corrected chi connectivity index (χ3v) is 6.25. The van der Waals surface area contributed by atoms with Gasteiger partial charge >= 0.3 is 0 Å². The van der Waals surface area contributed by atoms with Gasteiger partial charge < -0.3 is 4.42 Å². The summed E-state index contributed by atoms with van der Waals surface area (Å²) < 4.78 is 6.43. The Kier molecular flexibility index (Phi) is 3.50. The molecule has 4 aromatic carbocycles. The lowest BCUT2D eigenvalue weighted by Gasteiger charge is -2.33. The highest BCUT2D eigenvalue weighted by Crippen LogP contribution is 2.59. The number of hydrogen-bond acceptors (Lipinski definition) is 1. The van der Waals surface area contributed by atoms with Crippen LogP contribution in [0, 0.1) is 0 Å². The topological polar surface area (TPSA) is 13.1 Å². The SMILES string of the molecule is Clc1ccc2c(c1)-c1oc3ccccc3c1C2(c1ccccc1)c1ccccc1. The molecule has 0 aliphatic heterocycles. The third-order valence-electron chi connectivity index (χ3n) is 6.01. The molecule has 29 heavy (non-hydrogen) atoms. The zero-order chi connectivity index (χ0) is 19.4. The Morgan fingerprint density at radius 3 is 1.97 bits per heavy atom. The first-order chi connectivity index (χ1) is 14.3. The van der Waals surface area contributed by atoms with E-state index in [1.54, 1.807) is 0 Å². The molecule has 1 heterocycles. The fraction of sp³-hybridized carbons (Fsp3) is 0.0370. The van der Waals surface area contributed by atoms with Crippen molar-refractivity contribution in [2.24, 2.45) is 0 Å². The van der Waals surface area contributed by atoms with Gasteiger partial charge in [-0.15, -0.1) is 0 Å². The third kappa shape index (κ3) is 2.17. The van der Waals surface area contributed by atoms with E-state index in [2.05, 4.69) is 78.9 Å². The maximum absolute atomic E-state index is 6.43. The van der Waals surface area contributed by atoms with Crippen LogP contribution in [0.25, 0.3) is 22.3 Å². The molecule has 0 saturated carbocycles. The lowest BCUT2D eigenvalue weighted by Crippen LogP contribution is -2.28. The molecule has 6 rings (SSSR count). The number of furan rings is 1. The summed E-state index contributed by atoms with van der Waals surface area (Å²) in [6.07, 6.45) is 0. The first kappa shape index (κ1) is 16.6. The zero-order valence-corrected chi connectivity index (χ0v) is 16.4. The minimum atomic E-state index is -0.454. The first-order valence-corrected chi connectivity index (χ1v) is 10.1. The van der Waals surface area contributed by atoms with E-state index in [0.29, 0.717) is 5.02 Å². The molecule has 0 spiro atoms. The van der Waals surface area contributed by atoms with Crippen molar-refractivity contribution >= 4 is 22.6 Å². The average Bonchev–Trinajstić information content (AvgIpc) is 3.29. The van der Waals surface area contributed by atoms with Crippen LogP contribution in [0.1, 0.15) is 22.3 Å². The van der Waals surface area contributed by atoms with E-state index in [4.69, 9.17) is 16.0 Å². The second-order valence-corrected chi connectivity index (χ2v) is 7.91. The van der Waals surface area contributed by atoms with Gasteiger partial charge in [0.2, 0.25) is 0 Å². The second kappa shape index (κ2) is 6.10. The molecule has 0 fully saturated rings. The normalized spacial score (nSPS) is 14.0. The molecule has 1 aromatic heterocycles. The molecule has 0 atom stereocenters. The van der Waals surface area contributed by atoms with Gasteiger partial charge in [-0.1, -0.05) is 96.5 Å². The summed E-state index contributed by atoms with van der Waals surface area (Å²) >= 11 is 6.43. The summed E-state index contributed by atoms with van der Waals surface area (Å²) in [4.78, 5) is 0. The van der Waals surface area contributed by atoms with Gasteiger partial charge in [-0.25, -0.2) is 0 Å². The van der Waals surface area contributed by atoms with Gasteiger partial charge in [-0.2, -0.15) is 0 Å². The fourth-order valence-corrected chi connectivity index (χ4v) is 5.09. The van der Waals surface area contributed by atoms with Crippen molar-refractivity contribution in [1.29, 1.82) is 0 Å². The Morgan fingerprint density at radius 1 is 0.655 bits per heavy atom. The van der Waals surface area contributed by atoms with E-state index in [1.165, 1.54) is 22.3 Å². The summed E-state index contributed by atoms with van der Waals surface area (Å²) in [6.45, 7) is 0. The molecule has 1 aliphatic carbocycles. The highest BCUT2D eigenvalue weighted by Gasteiger charge is 2.49. The van der Waals surface area contributed by atoms with Crippen molar-refractivity contribution in [3.8, 4) is 11.3 Å². The number of halogens is 1. The molecule has 1 nitrogen and oxygen atoms in total. The van der Waals surface area contributed by atoms with E-state index in [0.717, 1.165) is 22.3 Å². The molecule has 5 aromatic rings. The molecule has 0 radical (unpaired) electrons. The summed E-state index contributed by atoms with van der Waals surface area (Å²) in [6, 6.07) is 35.9. The predicted molar refractivity (Wildman–Crippen MR) is 119 cm³/mol. The van der Waals surface area contributed by atoms with Gasteiger partial charge in [0, 0.05) is 21.5 Å². The number of rotatable bonds is 2. The lowest BCUT2D eigenvalue weighted by molar-refractivity contribution is 0.628. The van der Waals surface area contributed by atoms with Crippen LogP contribution in [0.4, 0.5) is 0 Å². The van der Waals surface area contributed by atoms with Gasteiger partial charge in [0.15, 0.2) is 0 Å². The highest BCUT2D eigenvalue weighted by atomic mass is 35.5. The zero-order valence-electron chi connectivity index (χ0n) is 15.6. The molecule has 0 saturated heterocycles. The van der Waals surface area contributed by atoms with Crippen LogP contribution in [-0.2, 0) is 5.41 Å². The van der Waals surface area contributed by atoms with Crippen LogP contribution in [-0.4, -0.2) is 0 Å². The maximum Gasteiger partial charge on any atom is 0.140 e. The summed E-state index contributed by atoms with van der Waals surface area (Å²) in [7, 11) is 0. The molecule has 2 heteroatoms. The minimum absolute atomic E-state index is 0.454. The van der Waals surface area contributed by atoms with Crippen LogP contribution < -0.4 is 0 Å². The van der Waals surface area contributed by atoms with Crippen molar-refractivity contribution in [3.05, 3.63) is 130 Å². The van der Waals surface area contributed by atoms with Crippen molar-refractivity contribution in [3.63, 3.8) is 0 Å². The van der Waals surface area contributed by atoms with Crippen LogP contribution in [0.15, 0.2) is 108 Å². The van der Waals surface area contributed by atoms with Gasteiger partial charge in [-0.05, 0) is 34.9 Å². The van der Waals surface area contributed by atoms with E-state index >= 15 is 0 Å². The van der Waals surface area contributed by atoms with E-state index < -0.39 is 5.41 Å². The van der Waals surface area contributed by atoms with E-state index in [9.17, 15) is 0 Å². The van der Waals surface area contributed by atoms with Crippen LogP contribution in [0.2, 0.25) is 5.02 Å². The Morgan fingerprint density at radius 2 is 1.28 bits per heavy atom. The Bertz CT molecular complexity index is 1310. The van der Waals surface area contributed by atoms with E-state index in [1.807, 2.05) is 24.3 Å². The van der Waals surface area contributed by atoms with Crippen molar-refractivity contribution in [1.82, 2.24) is 0 Å². The standard InChI is InChI=1S/C27H17ClO/c28-20-15-16-23-22(17-20)26-25(21-13-7-8-14-24(21)29-26)27(23,18-9-3-1-4-10-18)19-11-5-2-6-12-19/h1-17H. The molecule has 0 amide bonds. The number of fused-ring (bicyclic) bond motifs is 5. The molecular weight excluding hydrogens is 376 g/mol. The summed E-state index contributed by atoms with van der Waals surface area (Å²) in [5.41, 5.74) is 6.36. The lowest BCUT2D eigenvalue weighted by atomic mass is 9.67. The van der Waals surface area contributed by atoms with Crippen LogP contribution in [0.5, 0.6) is 0 Å². The van der Waals surface area contributed by atoms with Crippen molar-refractivity contribution < 1.29 is 4.42 Å². The molecule has 0 bridgehead atoms. The summed E-state index contributed by atoms with van der Waals surface area (Å²) in [5.74, 6) is 0.913. The Balaban J connectivity index is 1.87. The number of hydrogen-bond donors (Lipinski definition) is 0. The molecule has 0 unspecified atom stereocenters. The van der Waals surface area contributed by atoms with Gasteiger partial charge in [0.25, 0.3) is 0 Å². The Hall–Kier alpha value is -3.29. The smallest absolute Gasteiger partial charge is 0.140 e. The van der Waals surface area contributed by atoms with Gasteiger partial charge in [0.1, 0.15) is 11.3 Å². The van der Waals surface area contributed by atoms with Crippen molar-refractivity contribution in [2.45, 2.75) is 5.41 Å². The number of para-hydroxylation sites is 1. The maximum atomic E-state index is 6.43. The molecule has 138 valence electrons. The average molecular weight is 393 g/mol. The van der Waals surface area contributed by atoms with Crippen LogP contribution >= 0.6 is 11.6 Å². The quantitative estimate of drug-likeness (QED) is 0.298. The van der Waals surface area contributed by atoms with Gasteiger partial charge in [0.05, 0.1) is 5.41 Å². The molecule has 1 aliphatic rings.